The molecule has 0 saturated carbocycles. The normalized spacial score (nSPS) is 10.5. The zero-order valence-electron chi connectivity index (χ0n) is 14.8. The van der Waals surface area contributed by atoms with Gasteiger partial charge in [-0.05, 0) is 46.5 Å². The van der Waals surface area contributed by atoms with Crippen LogP contribution in [-0.2, 0) is 0 Å². The van der Waals surface area contributed by atoms with E-state index in [1.807, 2.05) is 97.1 Å². The van der Waals surface area contributed by atoms with Crippen molar-refractivity contribution in [2.24, 2.45) is 0 Å². The standard InChI is InChI=1S/C24H16B2O/c25-21-11-19(17-7-3-1-4-8-17)13-23(15-21)27-24-14-20(12-22(26)16-24)18-9-5-2-6-10-18/h1-16H. The van der Waals surface area contributed by atoms with E-state index in [1.165, 1.54) is 0 Å². The highest BCUT2D eigenvalue weighted by Crippen LogP contribution is 2.28. The van der Waals surface area contributed by atoms with Crippen LogP contribution >= 0.6 is 0 Å². The molecule has 0 atom stereocenters. The van der Waals surface area contributed by atoms with Gasteiger partial charge in [0, 0.05) is 0 Å². The molecule has 0 saturated heterocycles. The van der Waals surface area contributed by atoms with E-state index in [0.29, 0.717) is 22.4 Å². The van der Waals surface area contributed by atoms with Crippen LogP contribution in [0.1, 0.15) is 0 Å². The fourth-order valence-corrected chi connectivity index (χ4v) is 3.09. The Labute approximate surface area is 162 Å². The van der Waals surface area contributed by atoms with Crippen LogP contribution in [0.3, 0.4) is 0 Å². The van der Waals surface area contributed by atoms with E-state index in [2.05, 4.69) is 0 Å². The molecule has 0 aliphatic carbocycles. The van der Waals surface area contributed by atoms with Crippen LogP contribution < -0.4 is 15.7 Å². The highest BCUT2D eigenvalue weighted by Gasteiger charge is 2.06. The minimum atomic E-state index is 0.651. The lowest BCUT2D eigenvalue weighted by Crippen LogP contribution is -2.05. The number of hydrogen-bond acceptors (Lipinski definition) is 1. The quantitative estimate of drug-likeness (QED) is 0.500. The molecule has 0 fully saturated rings. The third-order valence-electron chi connectivity index (χ3n) is 4.31. The molecular weight excluding hydrogens is 326 g/mol. The highest BCUT2D eigenvalue weighted by molar-refractivity contribution is 6.33. The molecule has 124 valence electrons. The molecule has 27 heavy (non-hydrogen) atoms. The predicted molar refractivity (Wildman–Crippen MR) is 115 cm³/mol. The largest absolute Gasteiger partial charge is 0.457 e. The van der Waals surface area contributed by atoms with Crippen molar-refractivity contribution in [1.82, 2.24) is 0 Å². The summed E-state index contributed by atoms with van der Waals surface area (Å²) in [6, 6.07) is 31.7. The second-order valence-corrected chi connectivity index (χ2v) is 6.42. The lowest BCUT2D eigenvalue weighted by atomic mass is 9.91. The van der Waals surface area contributed by atoms with Gasteiger partial charge < -0.3 is 4.74 Å². The van der Waals surface area contributed by atoms with Crippen LogP contribution in [0.2, 0.25) is 0 Å². The van der Waals surface area contributed by atoms with Gasteiger partial charge in [-0.3, -0.25) is 0 Å². The second-order valence-electron chi connectivity index (χ2n) is 6.42. The van der Waals surface area contributed by atoms with Crippen molar-refractivity contribution in [3.8, 4) is 33.8 Å². The maximum atomic E-state index is 6.10. The molecule has 4 radical (unpaired) electrons. The summed E-state index contributed by atoms with van der Waals surface area (Å²) in [7, 11) is 12.2. The van der Waals surface area contributed by atoms with Crippen LogP contribution in [0, 0.1) is 0 Å². The summed E-state index contributed by atoms with van der Waals surface area (Å²) in [5, 5.41) is 0. The average Bonchev–Trinajstić information content (AvgIpc) is 2.68. The summed E-state index contributed by atoms with van der Waals surface area (Å²) < 4.78 is 6.10. The van der Waals surface area contributed by atoms with Crippen LogP contribution in [0.4, 0.5) is 0 Å². The Balaban J connectivity index is 1.69. The van der Waals surface area contributed by atoms with Gasteiger partial charge in [-0.2, -0.15) is 0 Å². The molecule has 0 heterocycles. The van der Waals surface area contributed by atoms with E-state index in [0.717, 1.165) is 22.3 Å². The predicted octanol–water partition coefficient (Wildman–Crippen LogP) is 4.40. The van der Waals surface area contributed by atoms with Crippen molar-refractivity contribution in [3.05, 3.63) is 97.1 Å². The van der Waals surface area contributed by atoms with Crippen LogP contribution in [-0.4, -0.2) is 15.7 Å². The topological polar surface area (TPSA) is 9.23 Å². The SMILES string of the molecule is [B]c1cc(Oc2cc([B])cc(-c3ccccc3)c2)cc(-c2ccccc2)c1. The highest BCUT2D eigenvalue weighted by atomic mass is 16.5. The summed E-state index contributed by atoms with van der Waals surface area (Å²) in [5.41, 5.74) is 5.51. The van der Waals surface area contributed by atoms with E-state index >= 15 is 0 Å². The number of rotatable bonds is 4. The Morgan fingerprint density at radius 2 is 0.852 bits per heavy atom. The molecule has 0 aliphatic heterocycles. The molecule has 0 aliphatic rings. The van der Waals surface area contributed by atoms with Crippen LogP contribution in [0.15, 0.2) is 97.1 Å². The molecule has 0 unspecified atom stereocenters. The average molecular weight is 342 g/mol. The van der Waals surface area contributed by atoms with Crippen molar-refractivity contribution < 1.29 is 4.74 Å². The molecule has 0 amide bonds. The monoisotopic (exact) mass is 342 g/mol. The van der Waals surface area contributed by atoms with Crippen molar-refractivity contribution in [1.29, 1.82) is 0 Å². The molecule has 4 aromatic carbocycles. The summed E-state index contributed by atoms with van der Waals surface area (Å²) >= 11 is 0. The Bertz CT molecular complexity index is 973. The van der Waals surface area contributed by atoms with Gasteiger partial charge in [-0.15, -0.1) is 0 Å². The van der Waals surface area contributed by atoms with Gasteiger partial charge in [0.2, 0.25) is 0 Å². The fraction of sp³-hybridized carbons (Fsp3) is 0. The van der Waals surface area contributed by atoms with Crippen molar-refractivity contribution in [3.63, 3.8) is 0 Å². The first-order valence-electron chi connectivity index (χ1n) is 8.77. The lowest BCUT2D eigenvalue weighted by Gasteiger charge is -2.12. The summed E-state index contributed by atoms with van der Waals surface area (Å²) in [6.07, 6.45) is 0. The minimum Gasteiger partial charge on any atom is -0.457 e. The summed E-state index contributed by atoms with van der Waals surface area (Å²) in [6.45, 7) is 0. The van der Waals surface area contributed by atoms with E-state index < -0.39 is 0 Å². The van der Waals surface area contributed by atoms with Crippen molar-refractivity contribution in [2.45, 2.75) is 0 Å². The van der Waals surface area contributed by atoms with Crippen molar-refractivity contribution in [2.75, 3.05) is 0 Å². The van der Waals surface area contributed by atoms with Gasteiger partial charge in [-0.1, -0.05) is 83.7 Å². The number of benzene rings is 4. The van der Waals surface area contributed by atoms with Crippen LogP contribution in [0.5, 0.6) is 11.5 Å². The van der Waals surface area contributed by atoms with Gasteiger partial charge in [0.1, 0.15) is 27.2 Å². The van der Waals surface area contributed by atoms with E-state index in [4.69, 9.17) is 20.4 Å². The molecule has 4 aromatic rings. The second kappa shape index (κ2) is 7.59. The van der Waals surface area contributed by atoms with E-state index in [-0.39, 0.29) is 0 Å². The Hall–Kier alpha value is -3.19. The molecule has 0 N–H and O–H groups in total. The number of hydrogen-bond donors (Lipinski definition) is 0. The molecule has 0 bridgehead atoms. The molecule has 1 nitrogen and oxygen atoms in total. The van der Waals surface area contributed by atoms with Gasteiger partial charge in [0.15, 0.2) is 0 Å². The maximum Gasteiger partial charge on any atom is 0.127 e. The van der Waals surface area contributed by atoms with Crippen LogP contribution in [0.25, 0.3) is 22.3 Å². The van der Waals surface area contributed by atoms with Gasteiger partial charge >= 0.3 is 0 Å². The minimum absolute atomic E-state index is 0.651. The van der Waals surface area contributed by atoms with Crippen molar-refractivity contribution >= 4 is 26.6 Å². The Morgan fingerprint density at radius 3 is 1.26 bits per heavy atom. The molecule has 0 aromatic heterocycles. The summed E-state index contributed by atoms with van der Waals surface area (Å²) in [4.78, 5) is 0. The van der Waals surface area contributed by atoms with Gasteiger partial charge in [0.25, 0.3) is 0 Å². The molecular formula is C24H16B2O. The lowest BCUT2D eigenvalue weighted by molar-refractivity contribution is 0.484. The first-order valence-corrected chi connectivity index (χ1v) is 8.77. The third kappa shape index (κ3) is 4.15. The van der Waals surface area contributed by atoms with E-state index in [1.54, 1.807) is 0 Å². The Morgan fingerprint density at radius 1 is 0.444 bits per heavy atom. The molecule has 4 rings (SSSR count). The van der Waals surface area contributed by atoms with E-state index in [9.17, 15) is 0 Å². The Kier molecular flexibility index (Phi) is 4.84. The first kappa shape index (κ1) is 17.2. The zero-order chi connectivity index (χ0) is 18.6. The maximum absolute atomic E-state index is 6.10. The third-order valence-corrected chi connectivity index (χ3v) is 4.31. The smallest absolute Gasteiger partial charge is 0.127 e. The molecule has 0 spiro atoms. The zero-order valence-corrected chi connectivity index (χ0v) is 14.8. The first-order chi connectivity index (χ1) is 13.2. The fourth-order valence-electron chi connectivity index (χ4n) is 3.09. The van der Waals surface area contributed by atoms with Gasteiger partial charge in [0.05, 0.1) is 0 Å². The molecule has 3 heteroatoms. The number of ether oxygens (including phenoxy) is 1. The van der Waals surface area contributed by atoms with Gasteiger partial charge in [-0.25, -0.2) is 0 Å². The summed E-state index contributed by atoms with van der Waals surface area (Å²) in [5.74, 6) is 1.36.